The average Bonchev–Trinajstić information content (AvgIpc) is 3.02. The molecule has 0 aliphatic heterocycles. The normalized spacial score (nSPS) is 13.2. The predicted octanol–water partition coefficient (Wildman–Crippen LogP) is -2.85. The molecule has 14 nitrogen and oxygen atoms in total. The maximum atomic E-state index is 10.9. The summed E-state index contributed by atoms with van der Waals surface area (Å²) in [6.45, 7) is 2.52. The van der Waals surface area contributed by atoms with Crippen LogP contribution < -0.4 is 19.9 Å². The molecule has 0 saturated carbocycles. The highest BCUT2D eigenvalue weighted by Crippen LogP contribution is 2.04. The Labute approximate surface area is 167 Å². The van der Waals surface area contributed by atoms with E-state index in [0.29, 0.717) is 0 Å². The van der Waals surface area contributed by atoms with Crippen LogP contribution in [0, 0.1) is 0 Å². The quantitative estimate of drug-likeness (QED) is 0.462. The van der Waals surface area contributed by atoms with Gasteiger partial charge in [0, 0.05) is 27.9 Å². The number of amides is 2. The van der Waals surface area contributed by atoms with E-state index in [1.54, 1.807) is 0 Å². The molecule has 2 rings (SSSR count). The molecule has 0 bridgehead atoms. The van der Waals surface area contributed by atoms with Gasteiger partial charge in [0.1, 0.15) is 0 Å². The minimum absolute atomic E-state index is 0.196. The van der Waals surface area contributed by atoms with Crippen molar-refractivity contribution in [1.29, 1.82) is 0 Å². The molecule has 4 N–H and O–H groups in total. The highest BCUT2D eigenvalue weighted by atomic mass is 32.3. The van der Waals surface area contributed by atoms with Gasteiger partial charge in [-0.05, 0) is 0 Å². The summed E-state index contributed by atoms with van der Waals surface area (Å²) in [4.78, 5) is 28.8. The lowest BCUT2D eigenvalue weighted by molar-refractivity contribution is -0.116. The Balaban J connectivity index is 0.000000280. The van der Waals surface area contributed by atoms with E-state index in [1.807, 2.05) is 0 Å². The highest BCUT2D eigenvalue weighted by Gasteiger charge is 2.15. The summed E-state index contributed by atoms with van der Waals surface area (Å²) >= 11 is 1.49. The summed E-state index contributed by atoms with van der Waals surface area (Å²) in [5.41, 5.74) is 0. The minimum atomic E-state index is -3.83. The first-order chi connectivity index (χ1) is 12.6. The summed E-state index contributed by atoms with van der Waals surface area (Å²) in [5.74, 6) is -0.851. The number of aryl methyl sites for hydroxylation is 2. The fourth-order valence-corrected chi connectivity index (χ4v) is 4.53. The van der Waals surface area contributed by atoms with Crippen LogP contribution in [0.2, 0.25) is 0 Å². The van der Waals surface area contributed by atoms with Crippen LogP contribution in [-0.2, 0) is 43.7 Å². The molecule has 156 valence electrons. The van der Waals surface area contributed by atoms with Gasteiger partial charge in [0.2, 0.25) is 30.1 Å². The average molecular weight is 473 g/mol. The Hall–Kier alpha value is -2.12. The Morgan fingerprint density at radius 3 is 1.29 bits per heavy atom. The Kier molecular flexibility index (Phi) is 7.62. The van der Waals surface area contributed by atoms with Crippen LogP contribution in [0.15, 0.2) is 18.7 Å². The molecule has 2 aromatic heterocycles. The molecule has 0 aliphatic carbocycles. The Bertz CT molecular complexity index is 1150. The summed E-state index contributed by atoms with van der Waals surface area (Å²) in [7, 11) is -4.69. The van der Waals surface area contributed by atoms with Crippen molar-refractivity contribution < 1.29 is 26.4 Å². The van der Waals surface area contributed by atoms with E-state index >= 15 is 0 Å². The fraction of sp³-hybridized carbons (Fsp3) is 0.400. The van der Waals surface area contributed by atoms with E-state index in [2.05, 4.69) is 20.2 Å². The largest absolute Gasteiger partial charge is 0.273 e. The number of carbonyl (C=O) groups excluding carboxylic acids is 2. The molecular weight excluding hydrogens is 456 g/mol. The summed E-state index contributed by atoms with van der Waals surface area (Å²) < 4.78 is 45.3. The number of aromatic nitrogens is 4. The van der Waals surface area contributed by atoms with E-state index < -0.39 is 31.9 Å². The number of hydrogen-bond donors (Lipinski definition) is 2. The third kappa shape index (κ3) is 7.13. The lowest BCUT2D eigenvalue weighted by atomic mass is 10.8. The van der Waals surface area contributed by atoms with Crippen molar-refractivity contribution in [3.05, 3.63) is 9.60 Å². The van der Waals surface area contributed by atoms with Crippen molar-refractivity contribution in [2.24, 2.45) is 34.4 Å². The topological polar surface area (TPSA) is 215 Å². The van der Waals surface area contributed by atoms with Gasteiger partial charge in [-0.1, -0.05) is 22.7 Å². The second kappa shape index (κ2) is 8.92. The molecule has 18 heteroatoms. The molecule has 0 aliphatic rings. The number of nitrogens with two attached hydrogens (primary N) is 2. The zero-order chi connectivity index (χ0) is 21.9. The van der Waals surface area contributed by atoms with E-state index in [9.17, 15) is 26.4 Å². The minimum Gasteiger partial charge on any atom is -0.273 e. The molecule has 28 heavy (non-hydrogen) atoms. The molecule has 0 aromatic carbocycles. The van der Waals surface area contributed by atoms with Crippen molar-refractivity contribution >= 4 is 54.5 Å². The zero-order valence-electron chi connectivity index (χ0n) is 14.9. The summed E-state index contributed by atoms with van der Waals surface area (Å²) in [6, 6.07) is 0. The third-order valence-corrected chi connectivity index (χ3v) is 6.99. The SMILES string of the molecule is CC(=O)/N=c1\sc(S(N)(=O)=O)nn1C.CC(=O)/N=c1\sc(S(N)(=O)=O)nn1C. The molecule has 0 spiro atoms. The van der Waals surface area contributed by atoms with E-state index in [0.717, 1.165) is 22.7 Å². The second-order valence-electron chi connectivity index (χ2n) is 4.90. The number of carbonyl (C=O) groups is 2. The van der Waals surface area contributed by atoms with Gasteiger partial charge < -0.3 is 0 Å². The molecule has 2 heterocycles. The number of hydrogen-bond acceptors (Lipinski definition) is 10. The van der Waals surface area contributed by atoms with Crippen LogP contribution in [0.25, 0.3) is 0 Å². The van der Waals surface area contributed by atoms with Crippen molar-refractivity contribution in [2.45, 2.75) is 22.5 Å². The number of nitrogens with zero attached hydrogens (tertiary/aromatic N) is 6. The van der Waals surface area contributed by atoms with E-state index in [-0.39, 0.29) is 18.3 Å². The fourth-order valence-electron chi connectivity index (χ4n) is 1.35. The molecule has 0 fully saturated rings. The van der Waals surface area contributed by atoms with Gasteiger partial charge in [-0.2, -0.15) is 9.98 Å². The van der Waals surface area contributed by atoms with Crippen molar-refractivity contribution in [3.63, 3.8) is 0 Å². The Morgan fingerprint density at radius 2 is 1.11 bits per heavy atom. The predicted molar refractivity (Wildman–Crippen MR) is 97.4 cm³/mol. The smallest absolute Gasteiger partial charge is 0.267 e. The van der Waals surface area contributed by atoms with Gasteiger partial charge in [0.15, 0.2) is 0 Å². The first kappa shape index (κ1) is 23.9. The van der Waals surface area contributed by atoms with Gasteiger partial charge in [-0.3, -0.25) is 9.59 Å². The monoisotopic (exact) mass is 472 g/mol. The van der Waals surface area contributed by atoms with Gasteiger partial charge in [-0.25, -0.2) is 36.5 Å². The van der Waals surface area contributed by atoms with Crippen molar-refractivity contribution in [1.82, 2.24) is 19.6 Å². The zero-order valence-corrected chi connectivity index (χ0v) is 18.2. The van der Waals surface area contributed by atoms with E-state index in [4.69, 9.17) is 10.3 Å². The molecular formula is C10H16N8O6S4. The summed E-state index contributed by atoms with van der Waals surface area (Å²) in [6.07, 6.45) is 0. The van der Waals surface area contributed by atoms with Crippen LogP contribution in [-0.4, -0.2) is 48.2 Å². The van der Waals surface area contributed by atoms with Crippen LogP contribution in [0.1, 0.15) is 13.8 Å². The van der Waals surface area contributed by atoms with Gasteiger partial charge >= 0.3 is 0 Å². The molecule has 2 amide bonds. The van der Waals surface area contributed by atoms with Crippen molar-refractivity contribution in [3.8, 4) is 0 Å². The first-order valence-corrected chi connectivity index (χ1v) is 11.6. The molecule has 0 radical (unpaired) electrons. The standard InChI is InChI=1S/2C5H8N4O3S2/c2*1-3(10)7-4-9(2)8-5(13-4)14(6,11)12/h2*1-2H3,(H2,6,11,12)/b2*7-4-. The van der Waals surface area contributed by atoms with Crippen LogP contribution in [0.3, 0.4) is 0 Å². The lowest BCUT2D eigenvalue weighted by Gasteiger charge is -1.86. The lowest BCUT2D eigenvalue weighted by Crippen LogP contribution is -2.14. The third-order valence-electron chi connectivity index (χ3n) is 2.37. The van der Waals surface area contributed by atoms with Crippen LogP contribution in [0.4, 0.5) is 0 Å². The maximum absolute atomic E-state index is 10.9. The molecule has 2 aromatic rings. The maximum Gasteiger partial charge on any atom is 0.267 e. The molecule has 0 atom stereocenters. The molecule has 0 saturated heterocycles. The Morgan fingerprint density at radius 1 is 0.821 bits per heavy atom. The van der Waals surface area contributed by atoms with Crippen LogP contribution in [0.5, 0.6) is 0 Å². The number of primary sulfonamides is 2. The van der Waals surface area contributed by atoms with Crippen LogP contribution >= 0.6 is 22.7 Å². The van der Waals surface area contributed by atoms with Gasteiger partial charge in [0.05, 0.1) is 0 Å². The summed E-state index contributed by atoms with van der Waals surface area (Å²) in [5, 5.41) is 16.9. The van der Waals surface area contributed by atoms with Crippen molar-refractivity contribution in [2.75, 3.05) is 0 Å². The number of sulfonamides is 2. The van der Waals surface area contributed by atoms with E-state index in [1.165, 1.54) is 37.3 Å². The highest BCUT2D eigenvalue weighted by molar-refractivity contribution is 7.91. The molecule has 0 unspecified atom stereocenters. The van der Waals surface area contributed by atoms with Gasteiger partial charge in [-0.15, -0.1) is 10.2 Å². The number of rotatable bonds is 2. The van der Waals surface area contributed by atoms with Gasteiger partial charge in [0.25, 0.3) is 20.0 Å². The second-order valence-corrected chi connectivity index (χ2v) is 10.3. The first-order valence-electron chi connectivity index (χ1n) is 6.85.